The minimum Gasteiger partial charge on any atom is -0.381 e. The standard InChI is InChI=1S/C26H39F3N4O3/c1-3-19-17-36-14-7-22(19)31-21-5-8-25(16-21,18-35-4-2)24(34)33-12-10-32(11-13-33)23-15-20(6-9-30-23)26(27,28)29/h6,9,15,19,21-22,31H,3-5,7-8,10-14,16-18H2,1-2H3/t19?,21-,22-,25+/m1/s1. The van der Waals surface area contributed by atoms with Gasteiger partial charge in [0.05, 0.1) is 24.2 Å². The SMILES string of the molecule is CCOC[C@]1(C(=O)N2CCN(c3cc(C(F)(F)F)ccn3)CC2)CC[C@@H](N[C@@H]2CCOCC2CC)C1. The highest BCUT2D eigenvalue weighted by Gasteiger charge is 2.48. The summed E-state index contributed by atoms with van der Waals surface area (Å²) in [7, 11) is 0. The molecular weight excluding hydrogens is 473 g/mol. The number of amides is 1. The van der Waals surface area contributed by atoms with Gasteiger partial charge in [0.1, 0.15) is 5.82 Å². The second-order valence-corrected chi connectivity index (χ2v) is 10.3. The lowest BCUT2D eigenvalue weighted by Gasteiger charge is -2.40. The Hall–Kier alpha value is -1.91. The van der Waals surface area contributed by atoms with Gasteiger partial charge in [-0.25, -0.2) is 4.98 Å². The molecule has 1 saturated carbocycles. The van der Waals surface area contributed by atoms with E-state index in [0.29, 0.717) is 57.2 Å². The Bertz CT molecular complexity index is 878. The van der Waals surface area contributed by atoms with Crippen LogP contribution < -0.4 is 10.2 Å². The summed E-state index contributed by atoms with van der Waals surface area (Å²) < 4.78 is 50.8. The van der Waals surface area contributed by atoms with Crippen molar-refractivity contribution in [2.24, 2.45) is 11.3 Å². The van der Waals surface area contributed by atoms with Crippen LogP contribution in [0, 0.1) is 11.3 Å². The minimum atomic E-state index is -4.41. The smallest absolute Gasteiger partial charge is 0.381 e. The first-order chi connectivity index (χ1) is 17.3. The third-order valence-corrected chi connectivity index (χ3v) is 8.06. The molecule has 202 valence electrons. The zero-order valence-corrected chi connectivity index (χ0v) is 21.4. The third kappa shape index (κ3) is 6.14. The van der Waals surface area contributed by atoms with E-state index in [1.54, 1.807) is 0 Å². The molecule has 7 nitrogen and oxygen atoms in total. The summed E-state index contributed by atoms with van der Waals surface area (Å²) in [4.78, 5) is 21.7. The number of halogens is 3. The van der Waals surface area contributed by atoms with Crippen LogP contribution in [0.25, 0.3) is 0 Å². The van der Waals surface area contributed by atoms with Gasteiger partial charge in [-0.1, -0.05) is 6.92 Å². The molecule has 1 aromatic heterocycles. The number of pyridine rings is 1. The Morgan fingerprint density at radius 1 is 1.25 bits per heavy atom. The number of carbonyl (C=O) groups is 1. The van der Waals surface area contributed by atoms with E-state index in [2.05, 4.69) is 17.2 Å². The van der Waals surface area contributed by atoms with Crippen molar-refractivity contribution >= 4 is 11.7 Å². The number of alkyl halides is 3. The Morgan fingerprint density at radius 3 is 2.72 bits per heavy atom. The molecular formula is C26H39F3N4O3. The zero-order chi connectivity index (χ0) is 25.8. The number of piperazine rings is 1. The van der Waals surface area contributed by atoms with Crippen LogP contribution in [-0.2, 0) is 20.4 Å². The first kappa shape index (κ1) is 27.1. The molecule has 0 radical (unpaired) electrons. The third-order valence-electron chi connectivity index (χ3n) is 8.06. The van der Waals surface area contributed by atoms with Crippen molar-refractivity contribution in [1.82, 2.24) is 15.2 Å². The molecule has 1 N–H and O–H groups in total. The fourth-order valence-electron chi connectivity index (χ4n) is 5.92. The van der Waals surface area contributed by atoms with Crippen molar-refractivity contribution in [3.05, 3.63) is 23.9 Å². The van der Waals surface area contributed by atoms with Gasteiger partial charge in [0.15, 0.2) is 0 Å². The first-order valence-electron chi connectivity index (χ1n) is 13.2. The molecule has 1 aromatic rings. The van der Waals surface area contributed by atoms with Gasteiger partial charge in [-0.3, -0.25) is 4.79 Å². The van der Waals surface area contributed by atoms with Crippen molar-refractivity contribution in [3.8, 4) is 0 Å². The summed E-state index contributed by atoms with van der Waals surface area (Å²) in [6.07, 6.45) is 1.30. The summed E-state index contributed by atoms with van der Waals surface area (Å²) in [5.74, 6) is 0.901. The molecule has 10 heteroatoms. The predicted octanol–water partition coefficient (Wildman–Crippen LogP) is 3.73. The number of hydrogen-bond acceptors (Lipinski definition) is 6. The summed E-state index contributed by atoms with van der Waals surface area (Å²) in [5, 5.41) is 3.84. The molecule has 2 saturated heterocycles. The monoisotopic (exact) mass is 512 g/mol. The van der Waals surface area contributed by atoms with Crippen molar-refractivity contribution < 1.29 is 27.4 Å². The van der Waals surface area contributed by atoms with Crippen LogP contribution in [0.4, 0.5) is 19.0 Å². The quantitative estimate of drug-likeness (QED) is 0.573. The number of carbonyl (C=O) groups excluding carboxylic acids is 1. The topological polar surface area (TPSA) is 66.9 Å². The highest BCUT2D eigenvalue weighted by Crippen LogP contribution is 2.41. The second-order valence-electron chi connectivity index (χ2n) is 10.3. The minimum absolute atomic E-state index is 0.107. The van der Waals surface area contributed by atoms with Crippen molar-refractivity contribution in [1.29, 1.82) is 0 Å². The average Bonchev–Trinajstić information content (AvgIpc) is 3.31. The lowest BCUT2D eigenvalue weighted by molar-refractivity contribution is -0.146. The lowest BCUT2D eigenvalue weighted by atomic mass is 9.84. The Labute approximate surface area is 211 Å². The molecule has 1 amide bonds. The van der Waals surface area contributed by atoms with Crippen LogP contribution >= 0.6 is 0 Å². The van der Waals surface area contributed by atoms with Crippen molar-refractivity contribution in [3.63, 3.8) is 0 Å². The number of nitrogens with zero attached hydrogens (tertiary/aromatic N) is 3. The van der Waals surface area contributed by atoms with Crippen LogP contribution in [0.5, 0.6) is 0 Å². The van der Waals surface area contributed by atoms with Gasteiger partial charge in [-0.15, -0.1) is 0 Å². The fraction of sp³-hybridized carbons (Fsp3) is 0.769. The van der Waals surface area contributed by atoms with Gasteiger partial charge < -0.3 is 24.6 Å². The molecule has 4 atom stereocenters. The summed E-state index contributed by atoms with van der Waals surface area (Å²) in [6.45, 7) is 8.48. The van der Waals surface area contributed by atoms with E-state index in [-0.39, 0.29) is 11.9 Å². The van der Waals surface area contributed by atoms with Crippen LogP contribution in [0.2, 0.25) is 0 Å². The van der Waals surface area contributed by atoms with E-state index >= 15 is 0 Å². The maximum Gasteiger partial charge on any atom is 0.416 e. The molecule has 4 rings (SSSR count). The molecule has 3 fully saturated rings. The van der Waals surface area contributed by atoms with Crippen LogP contribution in [0.3, 0.4) is 0 Å². The molecule has 36 heavy (non-hydrogen) atoms. The number of nitrogens with one attached hydrogen (secondary N) is 1. The van der Waals surface area contributed by atoms with Crippen LogP contribution in [-0.4, -0.2) is 80.5 Å². The Balaban J connectivity index is 1.38. The van der Waals surface area contributed by atoms with E-state index in [1.165, 1.54) is 6.20 Å². The lowest BCUT2D eigenvalue weighted by Crippen LogP contribution is -2.54. The zero-order valence-electron chi connectivity index (χ0n) is 21.4. The van der Waals surface area contributed by atoms with Gasteiger partial charge in [0.25, 0.3) is 0 Å². The highest BCUT2D eigenvalue weighted by atomic mass is 19.4. The van der Waals surface area contributed by atoms with Gasteiger partial charge in [0, 0.05) is 57.7 Å². The maximum absolute atomic E-state index is 13.8. The van der Waals surface area contributed by atoms with Crippen molar-refractivity contribution in [2.75, 3.05) is 57.5 Å². The van der Waals surface area contributed by atoms with E-state index in [9.17, 15) is 18.0 Å². The highest BCUT2D eigenvalue weighted by molar-refractivity contribution is 5.83. The van der Waals surface area contributed by atoms with E-state index in [0.717, 1.165) is 57.5 Å². The summed E-state index contributed by atoms with van der Waals surface area (Å²) in [5.41, 5.74) is -1.27. The first-order valence-corrected chi connectivity index (χ1v) is 13.2. The number of aromatic nitrogens is 1. The number of hydrogen-bond donors (Lipinski definition) is 1. The molecule has 0 aromatic carbocycles. The number of ether oxygens (including phenoxy) is 2. The molecule has 2 aliphatic heterocycles. The predicted molar refractivity (Wildman–Crippen MR) is 131 cm³/mol. The Morgan fingerprint density at radius 2 is 2.03 bits per heavy atom. The van der Waals surface area contributed by atoms with Gasteiger partial charge in [-0.05, 0) is 57.1 Å². The van der Waals surface area contributed by atoms with Gasteiger partial charge >= 0.3 is 6.18 Å². The summed E-state index contributed by atoms with van der Waals surface area (Å²) >= 11 is 0. The molecule has 1 aliphatic carbocycles. The molecule has 3 aliphatic rings. The second kappa shape index (κ2) is 11.6. The van der Waals surface area contributed by atoms with Crippen LogP contribution in [0.1, 0.15) is 51.5 Å². The van der Waals surface area contributed by atoms with Gasteiger partial charge in [-0.2, -0.15) is 13.2 Å². The molecule has 1 unspecified atom stereocenters. The molecule has 0 spiro atoms. The van der Waals surface area contributed by atoms with E-state index in [4.69, 9.17) is 9.47 Å². The Kier molecular flexibility index (Phi) is 8.78. The average molecular weight is 513 g/mol. The van der Waals surface area contributed by atoms with E-state index in [1.807, 2.05) is 16.7 Å². The fourth-order valence-corrected chi connectivity index (χ4v) is 5.92. The largest absolute Gasteiger partial charge is 0.416 e. The van der Waals surface area contributed by atoms with Crippen LogP contribution in [0.15, 0.2) is 18.3 Å². The number of rotatable bonds is 8. The van der Waals surface area contributed by atoms with Crippen molar-refractivity contribution in [2.45, 2.75) is 64.2 Å². The van der Waals surface area contributed by atoms with Gasteiger partial charge in [0.2, 0.25) is 5.91 Å². The maximum atomic E-state index is 13.8. The molecule has 3 heterocycles. The van der Waals surface area contributed by atoms with E-state index < -0.39 is 17.2 Å². The summed E-state index contributed by atoms with van der Waals surface area (Å²) in [6, 6.07) is 2.74. The molecule has 0 bridgehead atoms. The number of anilines is 1. The normalized spacial score (nSPS) is 29.5.